The predicted octanol–water partition coefficient (Wildman–Crippen LogP) is 2.95. The highest BCUT2D eigenvalue weighted by atomic mass is 19.1. The van der Waals surface area contributed by atoms with Crippen LogP contribution in [0.4, 0.5) is 10.1 Å². The Balaban J connectivity index is 2.92. The lowest BCUT2D eigenvalue weighted by Crippen LogP contribution is -2.01. The second-order valence-electron chi connectivity index (χ2n) is 3.29. The van der Waals surface area contributed by atoms with E-state index in [1.807, 2.05) is 0 Å². The number of carbonyl (C=O) groups excluding carboxylic acids is 1. The van der Waals surface area contributed by atoms with E-state index in [9.17, 15) is 14.3 Å². The van der Waals surface area contributed by atoms with Crippen LogP contribution in [0.2, 0.25) is 0 Å². The number of nitrogens with zero attached hydrogens (tertiary/aromatic N) is 1. The Morgan fingerprint density at radius 3 is 2.31 bits per heavy atom. The number of hydrogen-bond acceptors (Lipinski definition) is 3. The van der Waals surface area contributed by atoms with E-state index in [1.54, 1.807) is 0 Å². The topological polar surface area (TPSA) is 49.7 Å². The maximum atomic E-state index is 12.6. The summed E-state index contributed by atoms with van der Waals surface area (Å²) in [5.41, 5.74) is 0.658. The van der Waals surface area contributed by atoms with Gasteiger partial charge >= 0.3 is 0 Å². The molecule has 0 atom stereocenters. The minimum atomic E-state index is -0.348. The molecule has 1 rings (SSSR count). The van der Waals surface area contributed by atoms with Crippen LogP contribution in [0.25, 0.3) is 0 Å². The van der Waals surface area contributed by atoms with Crippen LogP contribution in [0.3, 0.4) is 0 Å². The third-order valence-electron chi connectivity index (χ3n) is 1.94. The Labute approximate surface area is 92.9 Å². The second-order valence-corrected chi connectivity index (χ2v) is 3.29. The summed E-state index contributed by atoms with van der Waals surface area (Å²) in [5, 5.41) is 9.21. The maximum absolute atomic E-state index is 12.6. The van der Waals surface area contributed by atoms with E-state index in [1.165, 1.54) is 44.3 Å². The normalized spacial score (nSPS) is 12.7. The lowest BCUT2D eigenvalue weighted by atomic mass is 10.2. The molecule has 0 spiro atoms. The number of aliphatic hydroxyl groups excluding tert-OH is 1. The summed E-state index contributed by atoms with van der Waals surface area (Å²) in [6.45, 7) is 2.75. The highest BCUT2D eigenvalue weighted by molar-refractivity contribution is 6.12. The van der Waals surface area contributed by atoms with Gasteiger partial charge in [0.25, 0.3) is 0 Å². The molecule has 0 aromatic heterocycles. The molecule has 3 nitrogen and oxygen atoms in total. The molecule has 1 N–H and O–H groups in total. The summed E-state index contributed by atoms with van der Waals surface area (Å²) < 4.78 is 12.6. The molecule has 84 valence electrons. The first-order valence-electron chi connectivity index (χ1n) is 4.71. The molecule has 4 heteroatoms. The molecule has 0 aliphatic carbocycles. The van der Waals surface area contributed by atoms with E-state index >= 15 is 0 Å². The number of carbonyl (C=O) groups is 1. The predicted molar refractivity (Wildman–Crippen MR) is 60.6 cm³/mol. The van der Waals surface area contributed by atoms with E-state index < -0.39 is 0 Å². The van der Waals surface area contributed by atoms with E-state index in [0.717, 1.165) is 0 Å². The summed E-state index contributed by atoms with van der Waals surface area (Å²) >= 11 is 0. The van der Waals surface area contributed by atoms with Gasteiger partial charge in [-0.2, -0.15) is 0 Å². The third-order valence-corrected chi connectivity index (χ3v) is 1.94. The van der Waals surface area contributed by atoms with E-state index in [0.29, 0.717) is 5.69 Å². The number of halogens is 1. The minimum absolute atomic E-state index is 0.0849. The number of allylic oxidation sites excluding steroid dienone is 2. The van der Waals surface area contributed by atoms with Crippen LogP contribution >= 0.6 is 0 Å². The first-order chi connectivity index (χ1) is 7.50. The Morgan fingerprint density at radius 1 is 1.31 bits per heavy atom. The maximum Gasteiger partial charge on any atom is 0.164 e. The van der Waals surface area contributed by atoms with Crippen molar-refractivity contribution in [2.45, 2.75) is 13.8 Å². The van der Waals surface area contributed by atoms with Gasteiger partial charge in [0.2, 0.25) is 0 Å². The monoisotopic (exact) mass is 221 g/mol. The summed E-state index contributed by atoms with van der Waals surface area (Å²) in [6, 6.07) is 5.51. The first-order valence-corrected chi connectivity index (χ1v) is 4.71. The van der Waals surface area contributed by atoms with Crippen molar-refractivity contribution < 1.29 is 14.3 Å². The van der Waals surface area contributed by atoms with Gasteiger partial charge in [0.05, 0.1) is 11.3 Å². The van der Waals surface area contributed by atoms with Crippen molar-refractivity contribution >= 4 is 17.7 Å². The van der Waals surface area contributed by atoms with Gasteiger partial charge in [-0.3, -0.25) is 9.79 Å². The average molecular weight is 221 g/mol. The fourth-order valence-corrected chi connectivity index (χ4v) is 1.11. The Morgan fingerprint density at radius 2 is 1.88 bits per heavy atom. The molecule has 0 saturated heterocycles. The highest BCUT2D eigenvalue weighted by Gasteiger charge is 2.04. The third kappa shape index (κ3) is 3.31. The molecule has 0 aliphatic rings. The van der Waals surface area contributed by atoms with Crippen molar-refractivity contribution in [3.63, 3.8) is 0 Å². The van der Waals surface area contributed by atoms with Crippen LogP contribution in [0.5, 0.6) is 0 Å². The van der Waals surface area contributed by atoms with Gasteiger partial charge in [0.15, 0.2) is 5.78 Å². The largest absolute Gasteiger partial charge is 0.512 e. The molecule has 0 radical (unpaired) electrons. The van der Waals surface area contributed by atoms with Crippen LogP contribution in [0.15, 0.2) is 40.6 Å². The summed E-state index contributed by atoms with van der Waals surface area (Å²) in [4.78, 5) is 15.1. The quantitative estimate of drug-likeness (QED) is 0.484. The summed E-state index contributed by atoms with van der Waals surface area (Å²) in [6.07, 6.45) is 1.27. The molecule has 0 aliphatic heterocycles. The Bertz CT molecular complexity index is 443. The standard InChI is InChI=1S/C12H12FNO2/c1-8(15)12(9(2)16)7-14-11-5-3-10(13)4-6-11/h3-7,15H,1-2H3. The van der Waals surface area contributed by atoms with Gasteiger partial charge in [0, 0.05) is 6.21 Å². The van der Waals surface area contributed by atoms with Crippen molar-refractivity contribution in [2.24, 2.45) is 4.99 Å². The lowest BCUT2D eigenvalue weighted by Gasteiger charge is -1.98. The molecule has 0 bridgehead atoms. The number of benzene rings is 1. The van der Waals surface area contributed by atoms with Gasteiger partial charge in [-0.1, -0.05) is 0 Å². The fraction of sp³-hybridized carbons (Fsp3) is 0.167. The molecule has 0 amide bonds. The number of Topliss-reactive ketones (excluding diaryl/α,β-unsaturated/α-hetero) is 1. The summed E-state index contributed by atoms with van der Waals surface area (Å²) in [7, 11) is 0. The zero-order valence-electron chi connectivity index (χ0n) is 9.07. The fourth-order valence-electron chi connectivity index (χ4n) is 1.11. The molecule has 0 heterocycles. The van der Waals surface area contributed by atoms with Crippen LogP contribution in [-0.2, 0) is 4.79 Å². The number of aliphatic imine (C=N–C) groups is 1. The lowest BCUT2D eigenvalue weighted by molar-refractivity contribution is -0.113. The first kappa shape index (κ1) is 12.1. The Kier molecular flexibility index (Phi) is 3.94. The van der Waals surface area contributed by atoms with E-state index in [4.69, 9.17) is 0 Å². The van der Waals surface area contributed by atoms with Gasteiger partial charge in [-0.05, 0) is 38.1 Å². The minimum Gasteiger partial charge on any atom is -0.512 e. The van der Waals surface area contributed by atoms with Gasteiger partial charge in [-0.15, -0.1) is 0 Å². The number of ketones is 1. The van der Waals surface area contributed by atoms with Gasteiger partial charge in [0.1, 0.15) is 11.6 Å². The zero-order chi connectivity index (χ0) is 12.1. The Hall–Kier alpha value is -1.97. The highest BCUT2D eigenvalue weighted by Crippen LogP contribution is 2.12. The summed E-state index contributed by atoms with van der Waals surface area (Å²) in [5.74, 6) is -0.705. The molecular formula is C12H12FNO2. The van der Waals surface area contributed by atoms with Gasteiger partial charge in [-0.25, -0.2) is 4.39 Å². The van der Waals surface area contributed by atoms with Crippen molar-refractivity contribution in [2.75, 3.05) is 0 Å². The molecule has 16 heavy (non-hydrogen) atoms. The van der Waals surface area contributed by atoms with Gasteiger partial charge < -0.3 is 5.11 Å². The zero-order valence-corrected chi connectivity index (χ0v) is 9.07. The van der Waals surface area contributed by atoms with Crippen LogP contribution in [0.1, 0.15) is 13.8 Å². The van der Waals surface area contributed by atoms with Crippen molar-refractivity contribution in [3.8, 4) is 0 Å². The van der Waals surface area contributed by atoms with E-state index in [-0.39, 0.29) is 22.9 Å². The smallest absolute Gasteiger partial charge is 0.164 e. The van der Waals surface area contributed by atoms with E-state index in [2.05, 4.69) is 4.99 Å². The molecule has 0 fully saturated rings. The second kappa shape index (κ2) is 5.21. The van der Waals surface area contributed by atoms with Crippen molar-refractivity contribution in [1.29, 1.82) is 0 Å². The molecular weight excluding hydrogens is 209 g/mol. The molecule has 1 aromatic carbocycles. The SMILES string of the molecule is CC(=O)C(C=Nc1ccc(F)cc1)=C(C)O. The van der Waals surface area contributed by atoms with Crippen LogP contribution in [-0.4, -0.2) is 17.1 Å². The molecule has 1 aromatic rings. The average Bonchev–Trinajstić information content (AvgIpc) is 2.20. The van der Waals surface area contributed by atoms with Crippen LogP contribution < -0.4 is 0 Å². The number of hydrogen-bond donors (Lipinski definition) is 1. The van der Waals surface area contributed by atoms with Crippen molar-refractivity contribution in [3.05, 3.63) is 41.4 Å². The van der Waals surface area contributed by atoms with Crippen LogP contribution in [0, 0.1) is 5.82 Å². The molecule has 0 unspecified atom stereocenters. The molecule has 0 saturated carbocycles. The number of rotatable bonds is 3. The number of aliphatic hydroxyl groups is 1. The van der Waals surface area contributed by atoms with Crippen molar-refractivity contribution in [1.82, 2.24) is 0 Å².